The Balaban J connectivity index is 1.65. The normalized spacial score (nSPS) is 17.4. The van der Waals surface area contributed by atoms with Crippen molar-refractivity contribution in [1.29, 1.82) is 0 Å². The van der Waals surface area contributed by atoms with E-state index in [2.05, 4.69) is 40.4 Å². The molecule has 2 aliphatic carbocycles. The van der Waals surface area contributed by atoms with Gasteiger partial charge in [0, 0.05) is 30.5 Å². The summed E-state index contributed by atoms with van der Waals surface area (Å²) in [6.45, 7) is 2.17. The molecule has 1 aromatic heterocycles. The Hall–Kier alpha value is -2.16. The van der Waals surface area contributed by atoms with Crippen molar-refractivity contribution in [1.82, 2.24) is 9.97 Å². The Morgan fingerprint density at radius 2 is 2.00 bits per heavy atom. The lowest BCUT2D eigenvalue weighted by atomic mass is 10.0. The maximum absolute atomic E-state index is 4.45. The summed E-state index contributed by atoms with van der Waals surface area (Å²) in [5.74, 6) is 0. The van der Waals surface area contributed by atoms with Crippen LogP contribution in [0.2, 0.25) is 0 Å². The monoisotopic (exact) mass is 291 g/mol. The van der Waals surface area contributed by atoms with Crippen molar-refractivity contribution in [3.05, 3.63) is 53.1 Å². The zero-order valence-corrected chi connectivity index (χ0v) is 13.0. The molecule has 2 aromatic rings. The van der Waals surface area contributed by atoms with Gasteiger partial charge in [-0.1, -0.05) is 18.9 Å². The lowest BCUT2D eigenvalue weighted by Gasteiger charge is -2.18. The van der Waals surface area contributed by atoms with Gasteiger partial charge in [-0.2, -0.15) is 0 Å². The summed E-state index contributed by atoms with van der Waals surface area (Å²) in [6, 6.07) is 5.22. The zero-order valence-electron chi connectivity index (χ0n) is 13.0. The number of nitrogens with zero attached hydrogens (tertiary/aromatic N) is 2. The summed E-state index contributed by atoms with van der Waals surface area (Å²) in [7, 11) is 0. The molecule has 2 aliphatic rings. The predicted octanol–water partition coefficient (Wildman–Crippen LogP) is 4.24. The van der Waals surface area contributed by atoms with Crippen molar-refractivity contribution >= 4 is 17.3 Å². The molecule has 22 heavy (non-hydrogen) atoms. The molecule has 0 saturated heterocycles. The van der Waals surface area contributed by atoms with Crippen LogP contribution in [0, 0.1) is 6.92 Å². The fourth-order valence-corrected chi connectivity index (χ4v) is 3.65. The molecule has 1 saturated carbocycles. The van der Waals surface area contributed by atoms with Crippen LogP contribution in [0.1, 0.15) is 48.1 Å². The average molecular weight is 291 g/mol. The number of hydrogen-bond acceptors (Lipinski definition) is 3. The minimum Gasteiger partial charge on any atom is -0.382 e. The molecule has 112 valence electrons. The first kappa shape index (κ1) is 13.5. The molecule has 0 unspecified atom stereocenters. The summed E-state index contributed by atoms with van der Waals surface area (Å²) in [4.78, 5) is 8.64. The second kappa shape index (κ2) is 5.56. The minimum atomic E-state index is 0.645. The highest BCUT2D eigenvalue weighted by molar-refractivity contribution is 5.90. The maximum atomic E-state index is 4.45. The van der Waals surface area contributed by atoms with Crippen molar-refractivity contribution in [3.63, 3.8) is 0 Å². The van der Waals surface area contributed by atoms with Crippen LogP contribution < -0.4 is 5.32 Å². The molecule has 0 spiro atoms. The van der Waals surface area contributed by atoms with Crippen molar-refractivity contribution < 1.29 is 0 Å². The molecule has 0 amide bonds. The largest absolute Gasteiger partial charge is 0.382 e. The lowest BCUT2D eigenvalue weighted by molar-refractivity contribution is 0.754. The first-order valence-electron chi connectivity index (χ1n) is 8.16. The highest BCUT2D eigenvalue weighted by atomic mass is 14.9. The number of allylic oxidation sites excluding steroid dienone is 1. The van der Waals surface area contributed by atoms with E-state index < -0.39 is 0 Å². The fraction of sp³-hybridized carbons (Fsp3) is 0.368. The number of fused-ring (bicyclic) bond motifs is 1. The third-order valence-electron chi connectivity index (χ3n) is 4.73. The summed E-state index contributed by atoms with van der Waals surface area (Å²) in [5.41, 5.74) is 7.64. The van der Waals surface area contributed by atoms with E-state index in [4.69, 9.17) is 0 Å². The standard InChI is InChI=1S/C19H21N3/c1-13-8-14-10-15(19-12-20-6-7-21-19)11-17(14)18(9-13)22-16-4-2-3-5-16/h6-10,12,16,22H,2-5,11H2,1H3. The third-order valence-corrected chi connectivity index (χ3v) is 4.73. The molecule has 1 N–H and O–H groups in total. The van der Waals surface area contributed by atoms with E-state index in [-0.39, 0.29) is 0 Å². The van der Waals surface area contributed by atoms with Crippen LogP contribution in [0.25, 0.3) is 11.6 Å². The molecule has 0 bridgehead atoms. The third kappa shape index (κ3) is 2.52. The van der Waals surface area contributed by atoms with E-state index in [1.807, 2.05) is 6.20 Å². The van der Waals surface area contributed by atoms with E-state index in [1.54, 1.807) is 12.4 Å². The van der Waals surface area contributed by atoms with Gasteiger partial charge < -0.3 is 5.32 Å². The number of aromatic nitrogens is 2. The summed E-state index contributed by atoms with van der Waals surface area (Å²) >= 11 is 0. The molecule has 0 radical (unpaired) electrons. The molecule has 4 rings (SSSR count). The lowest BCUT2D eigenvalue weighted by Crippen LogP contribution is -2.16. The first-order valence-corrected chi connectivity index (χ1v) is 8.16. The van der Waals surface area contributed by atoms with Gasteiger partial charge in [-0.3, -0.25) is 9.97 Å². The van der Waals surface area contributed by atoms with Crippen LogP contribution in [0.4, 0.5) is 5.69 Å². The maximum Gasteiger partial charge on any atom is 0.0848 e. The van der Waals surface area contributed by atoms with Gasteiger partial charge in [0.25, 0.3) is 0 Å². The van der Waals surface area contributed by atoms with Crippen LogP contribution in [-0.4, -0.2) is 16.0 Å². The summed E-state index contributed by atoms with van der Waals surface area (Å²) < 4.78 is 0. The zero-order chi connectivity index (χ0) is 14.9. The Bertz CT molecular complexity index is 713. The summed E-state index contributed by atoms with van der Waals surface area (Å²) in [5, 5.41) is 3.78. The number of benzene rings is 1. The van der Waals surface area contributed by atoms with Crippen molar-refractivity contribution in [3.8, 4) is 0 Å². The Labute approximate surface area is 131 Å². The quantitative estimate of drug-likeness (QED) is 0.919. The number of anilines is 1. The fourth-order valence-electron chi connectivity index (χ4n) is 3.65. The minimum absolute atomic E-state index is 0.645. The van der Waals surface area contributed by atoms with Crippen LogP contribution >= 0.6 is 0 Å². The van der Waals surface area contributed by atoms with Gasteiger partial charge in [0.1, 0.15) is 0 Å². The molecular weight excluding hydrogens is 270 g/mol. The SMILES string of the molecule is Cc1cc2c(c(NC3CCCC3)c1)CC(c1cnccn1)=C2. The molecule has 1 aromatic carbocycles. The Morgan fingerprint density at radius 3 is 2.77 bits per heavy atom. The van der Waals surface area contributed by atoms with Crippen LogP contribution in [0.3, 0.4) is 0 Å². The number of hydrogen-bond donors (Lipinski definition) is 1. The van der Waals surface area contributed by atoms with Gasteiger partial charge in [-0.05, 0) is 54.2 Å². The highest BCUT2D eigenvalue weighted by Gasteiger charge is 2.21. The van der Waals surface area contributed by atoms with E-state index in [1.165, 1.54) is 53.6 Å². The molecule has 3 heteroatoms. The second-order valence-electron chi connectivity index (χ2n) is 6.44. The first-order chi connectivity index (χ1) is 10.8. The van der Waals surface area contributed by atoms with Gasteiger partial charge >= 0.3 is 0 Å². The van der Waals surface area contributed by atoms with Crippen molar-refractivity contribution in [2.45, 2.75) is 45.1 Å². The van der Waals surface area contributed by atoms with Crippen LogP contribution in [-0.2, 0) is 6.42 Å². The van der Waals surface area contributed by atoms with Gasteiger partial charge in [0.15, 0.2) is 0 Å². The van der Waals surface area contributed by atoms with Crippen LogP contribution in [0.15, 0.2) is 30.7 Å². The number of nitrogens with one attached hydrogen (secondary N) is 1. The molecule has 0 aliphatic heterocycles. The van der Waals surface area contributed by atoms with Gasteiger partial charge in [-0.25, -0.2) is 0 Å². The number of aryl methyl sites for hydroxylation is 1. The predicted molar refractivity (Wildman–Crippen MR) is 90.7 cm³/mol. The average Bonchev–Trinajstić information content (AvgIpc) is 3.17. The summed E-state index contributed by atoms with van der Waals surface area (Å²) in [6.07, 6.45) is 13.9. The highest BCUT2D eigenvalue weighted by Crippen LogP contribution is 2.37. The second-order valence-corrected chi connectivity index (χ2v) is 6.44. The Morgan fingerprint density at radius 1 is 1.14 bits per heavy atom. The van der Waals surface area contributed by atoms with E-state index in [0.29, 0.717) is 6.04 Å². The molecule has 1 heterocycles. The van der Waals surface area contributed by atoms with Crippen molar-refractivity contribution in [2.75, 3.05) is 5.32 Å². The number of rotatable bonds is 3. The molecule has 1 fully saturated rings. The molecule has 0 atom stereocenters. The van der Waals surface area contributed by atoms with E-state index in [0.717, 1.165) is 12.1 Å². The molecule has 3 nitrogen and oxygen atoms in total. The Kier molecular flexibility index (Phi) is 3.41. The van der Waals surface area contributed by atoms with Gasteiger partial charge in [-0.15, -0.1) is 0 Å². The van der Waals surface area contributed by atoms with Gasteiger partial charge in [0.2, 0.25) is 0 Å². The van der Waals surface area contributed by atoms with E-state index >= 15 is 0 Å². The topological polar surface area (TPSA) is 37.8 Å². The van der Waals surface area contributed by atoms with Gasteiger partial charge in [0.05, 0.1) is 11.9 Å². The van der Waals surface area contributed by atoms with Crippen molar-refractivity contribution in [2.24, 2.45) is 0 Å². The smallest absolute Gasteiger partial charge is 0.0848 e. The molecular formula is C19H21N3. The van der Waals surface area contributed by atoms with E-state index in [9.17, 15) is 0 Å². The van der Waals surface area contributed by atoms with Crippen LogP contribution in [0.5, 0.6) is 0 Å².